The van der Waals surface area contributed by atoms with E-state index < -0.39 is 0 Å². The lowest BCUT2D eigenvalue weighted by molar-refractivity contribution is -0.118. The minimum atomic E-state index is -0.0752. The molecule has 1 aromatic carbocycles. The first-order valence-electron chi connectivity index (χ1n) is 7.36. The smallest absolute Gasteiger partial charge is 0.230 e. The number of furan rings is 1. The van der Waals surface area contributed by atoms with Crippen molar-refractivity contribution in [2.45, 2.75) is 18.6 Å². The number of nitrogens with zero attached hydrogens (tertiary/aromatic N) is 2. The number of amides is 1. The van der Waals surface area contributed by atoms with Gasteiger partial charge in [-0.2, -0.15) is 0 Å². The molecule has 3 rings (SSSR count). The van der Waals surface area contributed by atoms with E-state index in [1.165, 1.54) is 11.8 Å². The van der Waals surface area contributed by atoms with Crippen LogP contribution in [0.3, 0.4) is 0 Å². The fourth-order valence-corrected chi connectivity index (χ4v) is 3.18. The molecule has 0 saturated carbocycles. The quantitative estimate of drug-likeness (QED) is 0.678. The molecule has 5 nitrogen and oxygen atoms in total. The van der Waals surface area contributed by atoms with Crippen molar-refractivity contribution in [3.63, 3.8) is 0 Å². The van der Waals surface area contributed by atoms with Gasteiger partial charge in [-0.3, -0.25) is 9.36 Å². The monoisotopic (exact) mass is 361 g/mol. The van der Waals surface area contributed by atoms with Gasteiger partial charge in [0.1, 0.15) is 5.76 Å². The Morgan fingerprint density at radius 3 is 3.04 bits per heavy atom. The van der Waals surface area contributed by atoms with E-state index in [9.17, 15) is 4.79 Å². The van der Waals surface area contributed by atoms with E-state index in [0.29, 0.717) is 11.6 Å². The third-order valence-corrected chi connectivity index (χ3v) is 4.85. The molecule has 0 bridgehead atoms. The van der Waals surface area contributed by atoms with Crippen LogP contribution < -0.4 is 5.32 Å². The van der Waals surface area contributed by atoms with Crippen molar-refractivity contribution >= 4 is 29.3 Å². The van der Waals surface area contributed by atoms with Crippen LogP contribution in [0.25, 0.3) is 5.69 Å². The van der Waals surface area contributed by atoms with Gasteiger partial charge >= 0.3 is 0 Å². The second-order valence-corrected chi connectivity index (χ2v) is 6.46. The van der Waals surface area contributed by atoms with Crippen LogP contribution in [-0.2, 0) is 11.3 Å². The maximum absolute atomic E-state index is 12.0. The van der Waals surface area contributed by atoms with Crippen LogP contribution in [0.5, 0.6) is 0 Å². The molecule has 0 fully saturated rings. The summed E-state index contributed by atoms with van der Waals surface area (Å²) in [5, 5.41) is 4.26. The van der Waals surface area contributed by atoms with Crippen LogP contribution in [0.2, 0.25) is 5.02 Å². The zero-order valence-corrected chi connectivity index (χ0v) is 14.6. The summed E-state index contributed by atoms with van der Waals surface area (Å²) in [6.45, 7) is 2.34. The molecule has 2 aromatic heterocycles. The van der Waals surface area contributed by atoms with Crippen molar-refractivity contribution in [2.75, 3.05) is 5.75 Å². The van der Waals surface area contributed by atoms with E-state index in [0.717, 1.165) is 22.2 Å². The summed E-state index contributed by atoms with van der Waals surface area (Å²) in [6, 6.07) is 9.34. The van der Waals surface area contributed by atoms with Gasteiger partial charge in [-0.25, -0.2) is 4.98 Å². The molecule has 1 amide bonds. The Bertz CT molecular complexity index is 830. The molecule has 3 aromatic rings. The fourth-order valence-electron chi connectivity index (χ4n) is 2.22. The number of aromatic nitrogens is 2. The zero-order chi connectivity index (χ0) is 16.9. The summed E-state index contributed by atoms with van der Waals surface area (Å²) >= 11 is 7.56. The van der Waals surface area contributed by atoms with Crippen molar-refractivity contribution in [3.05, 3.63) is 65.3 Å². The molecular formula is C17H16ClN3O2S. The van der Waals surface area contributed by atoms with Crippen molar-refractivity contribution < 1.29 is 9.21 Å². The molecule has 1 N–H and O–H groups in total. The predicted molar refractivity (Wildman–Crippen MR) is 94.6 cm³/mol. The standard InChI is InChI=1S/C17H16ClN3O2S/c1-12-14(18)5-2-6-15(12)21-8-7-19-17(21)24-11-16(22)20-10-13-4-3-9-23-13/h2-9H,10-11H2,1H3,(H,20,22). The normalized spacial score (nSPS) is 10.8. The topological polar surface area (TPSA) is 60.1 Å². The van der Waals surface area contributed by atoms with E-state index in [2.05, 4.69) is 10.3 Å². The number of thioether (sulfide) groups is 1. The summed E-state index contributed by atoms with van der Waals surface area (Å²) in [5.41, 5.74) is 1.93. The summed E-state index contributed by atoms with van der Waals surface area (Å²) in [6.07, 6.45) is 5.16. The number of benzene rings is 1. The van der Waals surface area contributed by atoms with E-state index in [4.69, 9.17) is 16.0 Å². The van der Waals surface area contributed by atoms with Gasteiger partial charge in [0.05, 0.1) is 24.2 Å². The predicted octanol–water partition coefficient (Wildman–Crippen LogP) is 3.84. The van der Waals surface area contributed by atoms with Crippen LogP contribution in [0, 0.1) is 6.92 Å². The van der Waals surface area contributed by atoms with Crippen molar-refractivity contribution in [3.8, 4) is 5.69 Å². The number of carbonyl (C=O) groups excluding carboxylic acids is 1. The Morgan fingerprint density at radius 2 is 2.25 bits per heavy atom. The molecule has 0 aliphatic rings. The maximum Gasteiger partial charge on any atom is 0.230 e. The highest BCUT2D eigenvalue weighted by molar-refractivity contribution is 7.99. The summed E-state index contributed by atoms with van der Waals surface area (Å²) in [4.78, 5) is 16.3. The van der Waals surface area contributed by atoms with E-state index in [-0.39, 0.29) is 11.7 Å². The minimum absolute atomic E-state index is 0.0752. The van der Waals surface area contributed by atoms with Crippen LogP contribution in [0.1, 0.15) is 11.3 Å². The largest absolute Gasteiger partial charge is 0.467 e. The van der Waals surface area contributed by atoms with Crippen LogP contribution in [0.4, 0.5) is 0 Å². The Morgan fingerprint density at radius 1 is 1.38 bits per heavy atom. The Kier molecular flexibility index (Phi) is 5.27. The minimum Gasteiger partial charge on any atom is -0.467 e. The van der Waals surface area contributed by atoms with E-state index in [1.54, 1.807) is 18.5 Å². The van der Waals surface area contributed by atoms with Gasteiger partial charge in [0.15, 0.2) is 5.16 Å². The third-order valence-electron chi connectivity index (χ3n) is 3.48. The molecule has 0 radical (unpaired) electrons. The number of imidazole rings is 1. The SMILES string of the molecule is Cc1c(Cl)cccc1-n1ccnc1SCC(=O)NCc1ccco1. The highest BCUT2D eigenvalue weighted by Crippen LogP contribution is 2.26. The molecule has 0 atom stereocenters. The van der Waals surface area contributed by atoms with Crippen LogP contribution >= 0.6 is 23.4 Å². The summed E-state index contributed by atoms with van der Waals surface area (Å²) < 4.78 is 7.12. The summed E-state index contributed by atoms with van der Waals surface area (Å²) in [7, 11) is 0. The lowest BCUT2D eigenvalue weighted by atomic mass is 10.2. The van der Waals surface area contributed by atoms with Gasteiger partial charge in [-0.05, 0) is 36.8 Å². The Labute approximate surface area is 149 Å². The number of nitrogens with one attached hydrogen (secondary N) is 1. The highest BCUT2D eigenvalue weighted by Gasteiger charge is 2.12. The van der Waals surface area contributed by atoms with E-state index >= 15 is 0 Å². The lowest BCUT2D eigenvalue weighted by Gasteiger charge is -2.11. The summed E-state index contributed by atoms with van der Waals surface area (Å²) in [5.74, 6) is 0.926. The van der Waals surface area contributed by atoms with Gasteiger partial charge in [0, 0.05) is 17.4 Å². The average Bonchev–Trinajstić information content (AvgIpc) is 3.25. The van der Waals surface area contributed by atoms with Gasteiger partial charge in [0.25, 0.3) is 0 Å². The lowest BCUT2D eigenvalue weighted by Crippen LogP contribution is -2.24. The number of carbonyl (C=O) groups is 1. The maximum atomic E-state index is 12.0. The number of halogens is 1. The van der Waals surface area contributed by atoms with Gasteiger partial charge in [-0.1, -0.05) is 29.4 Å². The molecular weight excluding hydrogens is 346 g/mol. The van der Waals surface area contributed by atoms with Crippen molar-refractivity contribution in [1.29, 1.82) is 0 Å². The number of hydrogen-bond donors (Lipinski definition) is 1. The van der Waals surface area contributed by atoms with Gasteiger partial charge in [0.2, 0.25) is 5.91 Å². The highest BCUT2D eigenvalue weighted by atomic mass is 35.5. The second kappa shape index (κ2) is 7.59. The Balaban J connectivity index is 1.63. The first kappa shape index (κ1) is 16.7. The number of rotatable bonds is 6. The third kappa shape index (κ3) is 3.83. The molecule has 124 valence electrons. The fraction of sp³-hybridized carbons (Fsp3) is 0.176. The van der Waals surface area contributed by atoms with Gasteiger partial charge < -0.3 is 9.73 Å². The van der Waals surface area contributed by atoms with Crippen molar-refractivity contribution in [2.24, 2.45) is 0 Å². The van der Waals surface area contributed by atoms with E-state index in [1.807, 2.05) is 42.0 Å². The molecule has 24 heavy (non-hydrogen) atoms. The molecule has 0 aliphatic carbocycles. The second-order valence-electron chi connectivity index (χ2n) is 5.11. The van der Waals surface area contributed by atoms with Crippen LogP contribution in [-0.4, -0.2) is 21.2 Å². The molecule has 0 saturated heterocycles. The first-order valence-corrected chi connectivity index (χ1v) is 8.72. The average molecular weight is 362 g/mol. The molecule has 0 unspecified atom stereocenters. The van der Waals surface area contributed by atoms with Gasteiger partial charge in [-0.15, -0.1) is 0 Å². The number of hydrogen-bond acceptors (Lipinski definition) is 4. The first-order chi connectivity index (χ1) is 11.6. The molecule has 2 heterocycles. The molecule has 0 spiro atoms. The zero-order valence-electron chi connectivity index (χ0n) is 13.0. The molecule has 0 aliphatic heterocycles. The molecule has 7 heteroatoms. The Hall–Kier alpha value is -2.18. The van der Waals surface area contributed by atoms with Crippen molar-refractivity contribution in [1.82, 2.24) is 14.9 Å². The van der Waals surface area contributed by atoms with Crippen LogP contribution in [0.15, 0.2) is 58.6 Å².